The quantitative estimate of drug-likeness (QED) is 0.781. The Hall–Kier alpha value is -1.91. The Bertz CT molecular complexity index is 501. The number of nitrogens with zero attached hydrogens (tertiary/aromatic N) is 1. The molecule has 0 N–H and O–H groups in total. The van der Waals surface area contributed by atoms with Gasteiger partial charge in [-0.2, -0.15) is 0 Å². The van der Waals surface area contributed by atoms with Crippen molar-refractivity contribution in [1.29, 1.82) is 0 Å². The van der Waals surface area contributed by atoms with Crippen molar-refractivity contribution < 1.29 is 19.0 Å². The highest BCUT2D eigenvalue weighted by Gasteiger charge is 2.31. The average Bonchev–Trinajstić information content (AvgIpc) is 2.95. The Labute approximate surface area is 125 Å². The van der Waals surface area contributed by atoms with Crippen molar-refractivity contribution in [2.24, 2.45) is 5.92 Å². The molecule has 0 saturated carbocycles. The van der Waals surface area contributed by atoms with Crippen molar-refractivity contribution >= 4 is 11.7 Å². The van der Waals surface area contributed by atoms with Crippen LogP contribution in [0.3, 0.4) is 0 Å². The van der Waals surface area contributed by atoms with Crippen LogP contribution in [0, 0.1) is 5.92 Å². The third-order valence-corrected chi connectivity index (χ3v) is 3.60. The average molecular weight is 293 g/mol. The summed E-state index contributed by atoms with van der Waals surface area (Å²) in [4.78, 5) is 14.2. The third kappa shape index (κ3) is 3.60. The number of carbonyl (C=O) groups is 1. The first-order chi connectivity index (χ1) is 10.0. The fourth-order valence-corrected chi connectivity index (χ4v) is 2.54. The number of hydrogen-bond acceptors (Lipinski definition) is 5. The lowest BCUT2D eigenvalue weighted by molar-refractivity contribution is -0.151. The van der Waals surface area contributed by atoms with Gasteiger partial charge in [0.25, 0.3) is 0 Å². The number of esters is 1. The molecule has 0 amide bonds. The fraction of sp³-hybridized carbons (Fsp3) is 0.562. The van der Waals surface area contributed by atoms with Crippen LogP contribution in [0.25, 0.3) is 0 Å². The van der Waals surface area contributed by atoms with Gasteiger partial charge in [0, 0.05) is 19.2 Å². The van der Waals surface area contributed by atoms with Gasteiger partial charge in [0.15, 0.2) is 0 Å². The normalized spacial score (nSPS) is 18.0. The van der Waals surface area contributed by atoms with Gasteiger partial charge in [0.1, 0.15) is 11.5 Å². The van der Waals surface area contributed by atoms with Gasteiger partial charge in [-0.1, -0.05) is 0 Å². The van der Waals surface area contributed by atoms with E-state index >= 15 is 0 Å². The topological polar surface area (TPSA) is 48.0 Å². The number of methoxy groups -OCH3 is 2. The van der Waals surface area contributed by atoms with Crippen molar-refractivity contribution in [2.45, 2.75) is 26.4 Å². The molecule has 0 aliphatic carbocycles. The Morgan fingerprint density at radius 1 is 1.29 bits per heavy atom. The minimum absolute atomic E-state index is 0.0714. The van der Waals surface area contributed by atoms with E-state index in [2.05, 4.69) is 4.90 Å². The first kappa shape index (κ1) is 15.5. The number of hydrogen-bond donors (Lipinski definition) is 0. The SMILES string of the molecule is COc1ccc(OC)c(N2CCC(C(=O)OC(C)C)C2)c1. The molecule has 1 saturated heterocycles. The number of benzene rings is 1. The maximum absolute atomic E-state index is 12.0. The fourth-order valence-electron chi connectivity index (χ4n) is 2.54. The highest BCUT2D eigenvalue weighted by molar-refractivity contribution is 5.75. The lowest BCUT2D eigenvalue weighted by Crippen LogP contribution is -2.26. The van der Waals surface area contributed by atoms with Gasteiger partial charge in [-0.25, -0.2) is 0 Å². The number of rotatable bonds is 5. The largest absolute Gasteiger partial charge is 0.497 e. The second kappa shape index (κ2) is 6.70. The summed E-state index contributed by atoms with van der Waals surface area (Å²) >= 11 is 0. The van der Waals surface area contributed by atoms with Gasteiger partial charge in [-0.15, -0.1) is 0 Å². The summed E-state index contributed by atoms with van der Waals surface area (Å²) in [6.07, 6.45) is 0.726. The predicted octanol–water partition coefficient (Wildman–Crippen LogP) is 2.48. The minimum atomic E-state index is -0.116. The molecule has 2 rings (SSSR count). The van der Waals surface area contributed by atoms with E-state index in [4.69, 9.17) is 14.2 Å². The summed E-state index contributed by atoms with van der Waals surface area (Å²) in [6, 6.07) is 5.69. The highest BCUT2D eigenvalue weighted by atomic mass is 16.5. The number of anilines is 1. The van der Waals surface area contributed by atoms with Crippen LogP contribution in [0.2, 0.25) is 0 Å². The molecule has 1 unspecified atom stereocenters. The second-order valence-corrected chi connectivity index (χ2v) is 5.46. The van der Waals surface area contributed by atoms with E-state index in [0.717, 1.165) is 30.2 Å². The van der Waals surface area contributed by atoms with Gasteiger partial charge in [0.2, 0.25) is 0 Å². The summed E-state index contributed by atoms with van der Waals surface area (Å²) in [6.45, 7) is 5.20. The van der Waals surface area contributed by atoms with Crippen molar-refractivity contribution in [1.82, 2.24) is 0 Å². The molecule has 1 aliphatic rings. The van der Waals surface area contributed by atoms with Crippen LogP contribution in [0.5, 0.6) is 11.5 Å². The lowest BCUT2D eigenvalue weighted by Gasteiger charge is -2.22. The van der Waals surface area contributed by atoms with Crippen molar-refractivity contribution in [2.75, 3.05) is 32.2 Å². The molecule has 0 spiro atoms. The lowest BCUT2D eigenvalue weighted by atomic mass is 10.1. The Kier molecular flexibility index (Phi) is 4.94. The molecule has 21 heavy (non-hydrogen) atoms. The number of ether oxygens (including phenoxy) is 3. The van der Waals surface area contributed by atoms with Gasteiger partial charge in [-0.3, -0.25) is 4.79 Å². The molecule has 116 valence electrons. The molecule has 5 nitrogen and oxygen atoms in total. The molecule has 1 heterocycles. The minimum Gasteiger partial charge on any atom is -0.497 e. The van der Waals surface area contributed by atoms with Crippen LogP contribution in [-0.4, -0.2) is 39.4 Å². The summed E-state index contributed by atoms with van der Waals surface area (Å²) in [5.74, 6) is 1.37. The summed E-state index contributed by atoms with van der Waals surface area (Å²) in [7, 11) is 3.28. The maximum atomic E-state index is 12.0. The van der Waals surface area contributed by atoms with Crippen LogP contribution >= 0.6 is 0 Å². The second-order valence-electron chi connectivity index (χ2n) is 5.46. The van der Waals surface area contributed by atoms with Gasteiger partial charge in [-0.05, 0) is 32.4 Å². The van der Waals surface area contributed by atoms with E-state index in [1.165, 1.54) is 0 Å². The van der Waals surface area contributed by atoms with E-state index in [1.54, 1.807) is 14.2 Å². The maximum Gasteiger partial charge on any atom is 0.311 e. The van der Waals surface area contributed by atoms with Crippen molar-refractivity contribution in [3.63, 3.8) is 0 Å². The zero-order valence-corrected chi connectivity index (χ0v) is 13.1. The molecular formula is C16H23NO4. The van der Waals surface area contributed by atoms with Gasteiger partial charge >= 0.3 is 5.97 Å². The van der Waals surface area contributed by atoms with Crippen LogP contribution in [0.15, 0.2) is 18.2 Å². The number of carbonyl (C=O) groups excluding carboxylic acids is 1. The van der Waals surface area contributed by atoms with Gasteiger partial charge < -0.3 is 19.1 Å². The zero-order valence-electron chi connectivity index (χ0n) is 13.1. The first-order valence-corrected chi connectivity index (χ1v) is 7.22. The Morgan fingerprint density at radius 2 is 2.05 bits per heavy atom. The molecule has 1 aromatic rings. The Morgan fingerprint density at radius 3 is 2.67 bits per heavy atom. The Balaban J connectivity index is 2.12. The molecule has 0 bridgehead atoms. The molecule has 1 aliphatic heterocycles. The molecule has 1 aromatic carbocycles. The standard InChI is InChI=1S/C16H23NO4/c1-11(2)21-16(18)12-7-8-17(10-12)14-9-13(19-3)5-6-15(14)20-4/h5-6,9,11-12H,7-8,10H2,1-4H3. The summed E-state index contributed by atoms with van der Waals surface area (Å²) in [5, 5.41) is 0. The molecular weight excluding hydrogens is 270 g/mol. The van der Waals surface area contributed by atoms with Crippen LogP contribution < -0.4 is 14.4 Å². The molecule has 5 heteroatoms. The van der Waals surface area contributed by atoms with E-state index in [9.17, 15) is 4.79 Å². The van der Waals surface area contributed by atoms with Crippen LogP contribution in [-0.2, 0) is 9.53 Å². The molecule has 0 radical (unpaired) electrons. The van der Waals surface area contributed by atoms with Crippen LogP contribution in [0.1, 0.15) is 20.3 Å². The summed E-state index contributed by atoms with van der Waals surface area (Å²) < 4.78 is 16.0. The van der Waals surface area contributed by atoms with Gasteiger partial charge in [0.05, 0.1) is 31.9 Å². The smallest absolute Gasteiger partial charge is 0.311 e. The molecule has 1 atom stereocenters. The summed E-state index contributed by atoms with van der Waals surface area (Å²) in [5.41, 5.74) is 0.955. The van der Waals surface area contributed by atoms with Crippen LogP contribution in [0.4, 0.5) is 5.69 Å². The monoisotopic (exact) mass is 293 g/mol. The van der Waals surface area contributed by atoms with E-state index < -0.39 is 0 Å². The van der Waals surface area contributed by atoms with Crippen molar-refractivity contribution in [3.05, 3.63) is 18.2 Å². The predicted molar refractivity (Wildman–Crippen MR) is 81.1 cm³/mol. The third-order valence-electron chi connectivity index (χ3n) is 3.60. The van der Waals surface area contributed by atoms with E-state index in [1.807, 2.05) is 32.0 Å². The highest BCUT2D eigenvalue weighted by Crippen LogP contribution is 2.35. The van der Waals surface area contributed by atoms with E-state index in [0.29, 0.717) is 6.54 Å². The first-order valence-electron chi connectivity index (χ1n) is 7.22. The van der Waals surface area contributed by atoms with E-state index in [-0.39, 0.29) is 18.0 Å². The zero-order chi connectivity index (χ0) is 15.4. The molecule has 1 fully saturated rings. The molecule has 0 aromatic heterocycles. The van der Waals surface area contributed by atoms with Crippen molar-refractivity contribution in [3.8, 4) is 11.5 Å².